The van der Waals surface area contributed by atoms with Gasteiger partial charge in [0.1, 0.15) is 5.75 Å². The summed E-state index contributed by atoms with van der Waals surface area (Å²) in [6.07, 6.45) is 3.43. The number of rotatable bonds is 10. The van der Waals surface area contributed by atoms with Crippen LogP contribution in [0.15, 0.2) is 54.6 Å². The molecule has 4 heteroatoms. The number of hydrogen-bond donors (Lipinski definition) is 2. The predicted molar refractivity (Wildman–Crippen MR) is 106 cm³/mol. The van der Waals surface area contributed by atoms with E-state index in [1.807, 2.05) is 61.5 Å². The molecule has 0 unspecified atom stereocenters. The first kappa shape index (κ1) is 20.0. The van der Waals surface area contributed by atoms with Gasteiger partial charge in [0.2, 0.25) is 5.91 Å². The van der Waals surface area contributed by atoms with E-state index in [1.165, 1.54) is 12.8 Å². The van der Waals surface area contributed by atoms with Crippen molar-refractivity contribution in [2.75, 3.05) is 13.2 Å². The van der Waals surface area contributed by atoms with E-state index in [0.29, 0.717) is 6.54 Å². The zero-order chi connectivity index (χ0) is 18.8. The Morgan fingerprint density at radius 2 is 1.73 bits per heavy atom. The maximum Gasteiger partial charge on any atom is 0.227 e. The van der Waals surface area contributed by atoms with E-state index < -0.39 is 0 Å². The van der Waals surface area contributed by atoms with E-state index in [9.17, 15) is 4.79 Å². The molecule has 0 aromatic heterocycles. The van der Waals surface area contributed by atoms with Gasteiger partial charge in [-0.25, -0.2) is 0 Å². The minimum Gasteiger partial charge on any atom is -0.494 e. The third kappa shape index (κ3) is 5.88. The van der Waals surface area contributed by atoms with Gasteiger partial charge in [-0.2, -0.15) is 0 Å². The van der Waals surface area contributed by atoms with Crippen molar-refractivity contribution in [2.45, 2.75) is 45.1 Å². The summed E-state index contributed by atoms with van der Waals surface area (Å²) in [6.45, 7) is 5.17. The molecule has 0 heterocycles. The Kier molecular flexibility index (Phi) is 8.16. The van der Waals surface area contributed by atoms with Crippen molar-refractivity contribution in [3.05, 3.63) is 65.7 Å². The number of benzene rings is 2. The van der Waals surface area contributed by atoms with Gasteiger partial charge in [-0.15, -0.1) is 0 Å². The zero-order valence-corrected chi connectivity index (χ0v) is 15.8. The highest BCUT2D eigenvalue weighted by molar-refractivity contribution is 5.83. The first-order valence-electron chi connectivity index (χ1n) is 9.43. The van der Waals surface area contributed by atoms with Gasteiger partial charge in [0.15, 0.2) is 0 Å². The molecule has 2 atom stereocenters. The fourth-order valence-corrected chi connectivity index (χ4v) is 2.81. The topological polar surface area (TPSA) is 64.3 Å². The number of unbranched alkanes of at least 4 members (excludes halogenated alkanes) is 2. The average molecular weight is 354 g/mol. The van der Waals surface area contributed by atoms with E-state index >= 15 is 0 Å². The van der Waals surface area contributed by atoms with Crippen molar-refractivity contribution in [2.24, 2.45) is 5.73 Å². The molecule has 1 amide bonds. The Labute approximate surface area is 156 Å². The highest BCUT2D eigenvalue weighted by Gasteiger charge is 2.19. The zero-order valence-electron chi connectivity index (χ0n) is 15.8. The fourth-order valence-electron chi connectivity index (χ4n) is 2.81. The second-order valence-corrected chi connectivity index (χ2v) is 6.55. The van der Waals surface area contributed by atoms with Gasteiger partial charge in [0.05, 0.1) is 18.6 Å². The van der Waals surface area contributed by atoms with Gasteiger partial charge < -0.3 is 15.8 Å². The molecule has 0 fully saturated rings. The van der Waals surface area contributed by atoms with Gasteiger partial charge in [-0.05, 0) is 36.6 Å². The number of carbonyl (C=O) groups is 1. The molecule has 0 radical (unpaired) electrons. The van der Waals surface area contributed by atoms with Crippen LogP contribution >= 0.6 is 0 Å². The van der Waals surface area contributed by atoms with Crippen LogP contribution in [0.3, 0.4) is 0 Å². The van der Waals surface area contributed by atoms with E-state index in [4.69, 9.17) is 10.5 Å². The molecule has 0 spiro atoms. The summed E-state index contributed by atoms with van der Waals surface area (Å²) in [5.74, 6) is 0.613. The van der Waals surface area contributed by atoms with E-state index in [2.05, 4.69) is 12.2 Å². The second kappa shape index (κ2) is 10.6. The lowest BCUT2D eigenvalue weighted by Crippen LogP contribution is -2.35. The van der Waals surface area contributed by atoms with Crippen LogP contribution in [0.4, 0.5) is 0 Å². The van der Waals surface area contributed by atoms with Gasteiger partial charge in [-0.1, -0.05) is 62.2 Å². The molecule has 0 saturated carbocycles. The summed E-state index contributed by atoms with van der Waals surface area (Å²) >= 11 is 0. The van der Waals surface area contributed by atoms with Gasteiger partial charge in [0.25, 0.3) is 0 Å². The molecule has 140 valence electrons. The number of nitrogens with one attached hydrogen (secondary N) is 1. The third-order valence-electron chi connectivity index (χ3n) is 4.54. The predicted octanol–water partition coefficient (Wildman–Crippen LogP) is 4.18. The molecule has 2 aromatic rings. The van der Waals surface area contributed by atoms with Crippen molar-refractivity contribution >= 4 is 5.91 Å². The Balaban J connectivity index is 1.94. The molecule has 0 aliphatic carbocycles. The first-order chi connectivity index (χ1) is 12.7. The summed E-state index contributed by atoms with van der Waals surface area (Å²) in [6, 6.07) is 17.4. The molecule has 3 N–H and O–H groups in total. The van der Waals surface area contributed by atoms with Crippen molar-refractivity contribution < 1.29 is 9.53 Å². The quantitative estimate of drug-likeness (QED) is 0.629. The number of carbonyl (C=O) groups excluding carboxylic acids is 1. The van der Waals surface area contributed by atoms with Crippen molar-refractivity contribution in [3.8, 4) is 5.75 Å². The lowest BCUT2D eigenvalue weighted by molar-refractivity contribution is -0.122. The largest absolute Gasteiger partial charge is 0.494 e. The normalized spacial score (nSPS) is 13.0. The lowest BCUT2D eigenvalue weighted by Gasteiger charge is -2.20. The Bertz CT molecular complexity index is 656. The summed E-state index contributed by atoms with van der Waals surface area (Å²) in [5, 5.41) is 3.06. The summed E-state index contributed by atoms with van der Waals surface area (Å²) < 4.78 is 5.74. The standard InChI is InChI=1S/C22H30N2O2/c1-3-4-8-15-26-20-13-11-19(12-14-20)21(16-23)24-22(25)17(2)18-9-6-5-7-10-18/h5-7,9-14,17,21H,3-4,8,15-16,23H2,1-2H3,(H,24,25)/t17-,21-/m0/s1. The second-order valence-electron chi connectivity index (χ2n) is 6.55. The molecule has 0 aliphatic rings. The molecule has 2 rings (SSSR count). The van der Waals surface area contributed by atoms with E-state index in [1.54, 1.807) is 0 Å². The monoisotopic (exact) mass is 354 g/mol. The molecule has 0 saturated heterocycles. The summed E-state index contributed by atoms with van der Waals surface area (Å²) in [4.78, 5) is 12.6. The summed E-state index contributed by atoms with van der Waals surface area (Å²) in [5.41, 5.74) is 7.88. The van der Waals surface area contributed by atoms with Crippen molar-refractivity contribution in [1.82, 2.24) is 5.32 Å². The fraction of sp³-hybridized carbons (Fsp3) is 0.409. The van der Waals surface area contributed by atoms with E-state index in [-0.39, 0.29) is 17.9 Å². The van der Waals surface area contributed by atoms with Crippen LogP contribution in [-0.4, -0.2) is 19.1 Å². The Morgan fingerprint density at radius 3 is 2.35 bits per heavy atom. The maximum atomic E-state index is 12.6. The lowest BCUT2D eigenvalue weighted by atomic mass is 9.99. The van der Waals surface area contributed by atoms with Crippen LogP contribution < -0.4 is 15.8 Å². The Morgan fingerprint density at radius 1 is 1.04 bits per heavy atom. The molecule has 0 bridgehead atoms. The molecule has 26 heavy (non-hydrogen) atoms. The minimum atomic E-state index is -0.216. The average Bonchev–Trinajstić information content (AvgIpc) is 2.70. The Hall–Kier alpha value is -2.33. The van der Waals surface area contributed by atoms with Crippen molar-refractivity contribution in [3.63, 3.8) is 0 Å². The third-order valence-corrected chi connectivity index (χ3v) is 4.54. The van der Waals surface area contributed by atoms with Crippen LogP contribution in [0.25, 0.3) is 0 Å². The SMILES string of the molecule is CCCCCOc1ccc([C@H](CN)NC(=O)[C@@H](C)c2ccccc2)cc1. The van der Waals surface area contributed by atoms with Gasteiger partial charge in [0, 0.05) is 6.54 Å². The van der Waals surface area contributed by atoms with Crippen LogP contribution in [0, 0.1) is 0 Å². The highest BCUT2D eigenvalue weighted by atomic mass is 16.5. The number of hydrogen-bond acceptors (Lipinski definition) is 3. The molecule has 4 nitrogen and oxygen atoms in total. The smallest absolute Gasteiger partial charge is 0.227 e. The number of ether oxygens (including phenoxy) is 1. The van der Waals surface area contributed by atoms with E-state index in [0.717, 1.165) is 29.9 Å². The molecular formula is C22H30N2O2. The highest BCUT2D eigenvalue weighted by Crippen LogP contribution is 2.20. The number of nitrogens with two attached hydrogens (primary N) is 1. The molecular weight excluding hydrogens is 324 g/mol. The molecule has 2 aromatic carbocycles. The van der Waals surface area contributed by atoms with Crippen molar-refractivity contribution in [1.29, 1.82) is 0 Å². The van der Waals surface area contributed by atoms with Crippen LogP contribution in [-0.2, 0) is 4.79 Å². The van der Waals surface area contributed by atoms with Gasteiger partial charge >= 0.3 is 0 Å². The summed E-state index contributed by atoms with van der Waals surface area (Å²) in [7, 11) is 0. The maximum absolute atomic E-state index is 12.6. The van der Waals surface area contributed by atoms with Crippen LogP contribution in [0.1, 0.15) is 56.2 Å². The first-order valence-corrected chi connectivity index (χ1v) is 9.43. The van der Waals surface area contributed by atoms with Crippen LogP contribution in [0.5, 0.6) is 5.75 Å². The number of amides is 1. The minimum absolute atomic E-state index is 0.0217. The van der Waals surface area contributed by atoms with Gasteiger partial charge in [-0.3, -0.25) is 4.79 Å². The molecule has 0 aliphatic heterocycles. The van der Waals surface area contributed by atoms with Crippen LogP contribution in [0.2, 0.25) is 0 Å².